The minimum atomic E-state index is 0.652. The van der Waals surface area contributed by atoms with Crippen molar-refractivity contribution < 1.29 is 0 Å². The largest absolute Gasteiger partial charge is 0.0666 e. The van der Waals surface area contributed by atoms with Gasteiger partial charge in [0, 0.05) is 5.92 Å². The van der Waals surface area contributed by atoms with Crippen molar-refractivity contribution in [2.45, 2.75) is 48.0 Å². The normalized spacial score (nSPS) is 25.8. The maximum atomic E-state index is 2.32. The van der Waals surface area contributed by atoms with E-state index in [0.29, 0.717) is 5.92 Å². The molecule has 1 aliphatic carbocycles. The second kappa shape index (κ2) is 3.69. The first-order valence-corrected chi connectivity index (χ1v) is 5.22. The van der Waals surface area contributed by atoms with Crippen LogP contribution in [0.25, 0.3) is 0 Å². The molecule has 0 amide bonds. The van der Waals surface area contributed by atoms with Gasteiger partial charge < -0.3 is 0 Å². The van der Waals surface area contributed by atoms with Crippen LogP contribution in [0.15, 0.2) is 22.3 Å². The van der Waals surface area contributed by atoms with E-state index in [2.05, 4.69) is 41.5 Å². The monoisotopic (exact) mass is 177 g/mol. The number of allylic oxidation sites excluding steroid dienone is 4. The molecule has 1 unspecified atom stereocenters. The first-order chi connectivity index (χ1) is 6.00. The summed E-state index contributed by atoms with van der Waals surface area (Å²) in [5, 5.41) is 0. The quantitative estimate of drug-likeness (QED) is 0.560. The molecule has 1 aliphatic rings. The van der Waals surface area contributed by atoms with Gasteiger partial charge >= 0.3 is 0 Å². The highest BCUT2D eigenvalue weighted by Crippen LogP contribution is 2.40. The summed E-state index contributed by atoms with van der Waals surface area (Å²) in [4.78, 5) is 0. The Kier molecular flexibility index (Phi) is 3.00. The van der Waals surface area contributed by atoms with Gasteiger partial charge in [0.05, 0.1) is 0 Å². The fourth-order valence-corrected chi connectivity index (χ4v) is 2.27. The first-order valence-electron chi connectivity index (χ1n) is 5.22. The van der Waals surface area contributed by atoms with E-state index in [-0.39, 0.29) is 0 Å². The van der Waals surface area contributed by atoms with Gasteiger partial charge in [-0.15, -0.1) is 0 Å². The van der Waals surface area contributed by atoms with Gasteiger partial charge in [-0.1, -0.05) is 43.1 Å². The van der Waals surface area contributed by atoms with Crippen LogP contribution in [0.1, 0.15) is 48.0 Å². The second-order valence-electron chi connectivity index (χ2n) is 4.17. The van der Waals surface area contributed by atoms with Crippen LogP contribution < -0.4 is 0 Å². The van der Waals surface area contributed by atoms with Crippen molar-refractivity contribution in [2.24, 2.45) is 5.92 Å². The Morgan fingerprint density at radius 1 is 1.00 bits per heavy atom. The van der Waals surface area contributed by atoms with Gasteiger partial charge in [0.2, 0.25) is 0 Å². The molecule has 0 aromatic carbocycles. The predicted octanol–water partition coefficient (Wildman–Crippen LogP) is 4.29. The van der Waals surface area contributed by atoms with Crippen LogP contribution in [-0.4, -0.2) is 0 Å². The smallest absolute Gasteiger partial charge is 0.0223 e. The van der Waals surface area contributed by atoms with E-state index in [4.69, 9.17) is 0 Å². The van der Waals surface area contributed by atoms with Crippen LogP contribution in [0.2, 0.25) is 0 Å². The Morgan fingerprint density at radius 2 is 1.54 bits per heavy atom. The molecule has 73 valence electrons. The van der Waals surface area contributed by atoms with E-state index < -0.39 is 0 Å². The van der Waals surface area contributed by atoms with Gasteiger partial charge in [0.1, 0.15) is 0 Å². The van der Waals surface area contributed by atoms with Crippen molar-refractivity contribution in [3.63, 3.8) is 0 Å². The molecule has 0 N–H and O–H groups in total. The van der Waals surface area contributed by atoms with Crippen molar-refractivity contribution in [1.29, 1.82) is 0 Å². The Hall–Kier alpha value is -0.520. The minimum Gasteiger partial charge on any atom is -0.0666 e. The molecule has 0 bridgehead atoms. The van der Waals surface area contributed by atoms with Gasteiger partial charge in [-0.05, 0) is 33.1 Å². The fraction of sp³-hybridized carbons (Fsp3) is 0.615. The van der Waals surface area contributed by atoms with Crippen LogP contribution in [0.5, 0.6) is 0 Å². The van der Waals surface area contributed by atoms with Crippen LogP contribution in [0.4, 0.5) is 0 Å². The van der Waals surface area contributed by atoms with E-state index in [0.717, 1.165) is 0 Å². The Morgan fingerprint density at radius 3 is 2.00 bits per heavy atom. The first kappa shape index (κ1) is 10.6. The molecular weight excluding hydrogens is 156 g/mol. The Labute approximate surface area is 82.7 Å². The molecule has 0 aromatic heterocycles. The Balaban J connectivity index is 3.13. The summed E-state index contributed by atoms with van der Waals surface area (Å²) in [6.45, 7) is 13.6. The third-order valence-corrected chi connectivity index (χ3v) is 3.74. The zero-order valence-electron chi connectivity index (χ0n) is 9.78. The molecule has 0 aliphatic heterocycles. The fourth-order valence-electron chi connectivity index (χ4n) is 2.27. The highest BCUT2D eigenvalue weighted by Gasteiger charge is 2.24. The lowest BCUT2D eigenvalue weighted by molar-refractivity contribution is 0.728. The summed E-state index contributed by atoms with van der Waals surface area (Å²) in [7, 11) is 0. The lowest BCUT2D eigenvalue weighted by Crippen LogP contribution is -2.15. The summed E-state index contributed by atoms with van der Waals surface area (Å²) in [6, 6.07) is 0. The molecule has 1 atom stereocenters. The zero-order valence-corrected chi connectivity index (χ0v) is 9.78. The average Bonchev–Trinajstić information content (AvgIpc) is 2.13. The second-order valence-corrected chi connectivity index (χ2v) is 4.17. The molecule has 0 saturated carbocycles. The summed E-state index contributed by atoms with van der Waals surface area (Å²) in [6.07, 6.45) is 1.17. The zero-order chi connectivity index (χ0) is 10.2. The van der Waals surface area contributed by atoms with E-state index in [1.807, 2.05) is 0 Å². The molecule has 13 heavy (non-hydrogen) atoms. The lowest BCUT2D eigenvalue weighted by Gasteiger charge is -2.31. The van der Waals surface area contributed by atoms with Gasteiger partial charge in [0.15, 0.2) is 0 Å². The SMILES string of the molecule is CCC1=C(C)C(C)C(C)=C(C)[C]1C. The third-order valence-electron chi connectivity index (χ3n) is 3.74. The van der Waals surface area contributed by atoms with Crippen molar-refractivity contribution in [3.8, 4) is 0 Å². The third kappa shape index (κ3) is 1.59. The molecule has 0 nitrogen and oxygen atoms in total. The highest BCUT2D eigenvalue weighted by molar-refractivity contribution is 5.49. The molecule has 0 spiro atoms. The molecule has 1 radical (unpaired) electrons. The minimum absolute atomic E-state index is 0.652. The summed E-state index contributed by atoms with van der Waals surface area (Å²) >= 11 is 0. The highest BCUT2D eigenvalue weighted by atomic mass is 14.3. The lowest BCUT2D eigenvalue weighted by atomic mass is 9.74. The molecule has 0 aromatic rings. The van der Waals surface area contributed by atoms with Gasteiger partial charge in [-0.25, -0.2) is 0 Å². The van der Waals surface area contributed by atoms with Gasteiger partial charge in [0.25, 0.3) is 0 Å². The summed E-state index contributed by atoms with van der Waals surface area (Å²) in [5.74, 6) is 2.16. The van der Waals surface area contributed by atoms with Gasteiger partial charge in [-0.2, -0.15) is 0 Å². The summed E-state index contributed by atoms with van der Waals surface area (Å²) in [5.41, 5.74) is 6.21. The van der Waals surface area contributed by atoms with E-state index in [1.54, 1.807) is 16.7 Å². The Bertz CT molecular complexity index is 266. The van der Waals surface area contributed by atoms with E-state index >= 15 is 0 Å². The predicted molar refractivity (Wildman–Crippen MR) is 59.4 cm³/mol. The molecule has 0 heterocycles. The van der Waals surface area contributed by atoms with Crippen molar-refractivity contribution in [3.05, 3.63) is 28.2 Å². The topological polar surface area (TPSA) is 0 Å². The molecular formula is C13H21. The van der Waals surface area contributed by atoms with E-state index in [1.165, 1.54) is 17.9 Å². The van der Waals surface area contributed by atoms with E-state index in [9.17, 15) is 0 Å². The van der Waals surface area contributed by atoms with Crippen molar-refractivity contribution >= 4 is 0 Å². The number of hydrogen-bond donors (Lipinski definition) is 0. The molecule has 1 rings (SSSR count). The molecule has 0 heteroatoms. The number of hydrogen-bond acceptors (Lipinski definition) is 0. The standard InChI is InChI=1S/C13H21/c1-7-13-11(5)9(3)8(2)10(4)12(13)6/h9H,7H2,1-6H3. The molecule has 0 fully saturated rings. The van der Waals surface area contributed by atoms with Crippen LogP contribution >= 0.6 is 0 Å². The van der Waals surface area contributed by atoms with Crippen LogP contribution in [0.3, 0.4) is 0 Å². The number of rotatable bonds is 1. The maximum absolute atomic E-state index is 2.32. The van der Waals surface area contributed by atoms with Gasteiger partial charge in [-0.3, -0.25) is 0 Å². The molecule has 0 saturated heterocycles. The summed E-state index contributed by atoms with van der Waals surface area (Å²) < 4.78 is 0. The van der Waals surface area contributed by atoms with Crippen LogP contribution in [-0.2, 0) is 0 Å². The van der Waals surface area contributed by atoms with Crippen LogP contribution in [0, 0.1) is 11.8 Å². The van der Waals surface area contributed by atoms with Crippen molar-refractivity contribution in [1.82, 2.24) is 0 Å². The average molecular weight is 177 g/mol. The van der Waals surface area contributed by atoms with Crippen molar-refractivity contribution in [2.75, 3.05) is 0 Å². The maximum Gasteiger partial charge on any atom is 0.0223 e.